The summed E-state index contributed by atoms with van der Waals surface area (Å²) in [5.41, 5.74) is 3.60. The van der Waals surface area contributed by atoms with Gasteiger partial charge in [-0.15, -0.1) is 0 Å². The van der Waals surface area contributed by atoms with Crippen LogP contribution in [0, 0.1) is 0 Å². The molecule has 0 bridgehead atoms. The Bertz CT molecular complexity index is 1210. The van der Waals surface area contributed by atoms with Crippen molar-refractivity contribution in [3.63, 3.8) is 0 Å². The summed E-state index contributed by atoms with van der Waals surface area (Å²) >= 11 is 0. The highest BCUT2D eigenvalue weighted by Gasteiger charge is 2.17. The molecular weight excluding hydrogens is 464 g/mol. The maximum absolute atomic E-state index is 12.6. The minimum Gasteiger partial charge on any atom is -0.376 e. The Hall–Kier alpha value is -4.13. The van der Waals surface area contributed by atoms with Crippen molar-refractivity contribution in [2.75, 3.05) is 22.5 Å². The summed E-state index contributed by atoms with van der Waals surface area (Å²) in [5.74, 6) is -0.395. The van der Waals surface area contributed by atoms with Crippen LogP contribution in [0.2, 0.25) is 0 Å². The minimum atomic E-state index is -0.232. The number of anilines is 3. The van der Waals surface area contributed by atoms with Gasteiger partial charge in [0.1, 0.15) is 0 Å². The van der Waals surface area contributed by atoms with E-state index in [1.54, 1.807) is 42.5 Å². The number of hydrogen-bond donors (Lipinski definition) is 4. The highest BCUT2D eigenvalue weighted by molar-refractivity contribution is 5.97. The molecule has 1 aliphatic carbocycles. The molecule has 7 nitrogen and oxygen atoms in total. The summed E-state index contributed by atoms with van der Waals surface area (Å²) in [6.45, 7) is 0.0430. The van der Waals surface area contributed by atoms with Gasteiger partial charge in [0.25, 0.3) is 5.91 Å². The molecule has 0 spiro atoms. The summed E-state index contributed by atoms with van der Waals surface area (Å²) in [4.78, 5) is 37.5. The molecule has 7 heteroatoms. The minimum absolute atomic E-state index is 0.0430. The van der Waals surface area contributed by atoms with Gasteiger partial charge in [0.05, 0.1) is 6.54 Å². The third kappa shape index (κ3) is 8.49. The smallest absolute Gasteiger partial charge is 0.251 e. The molecule has 0 radical (unpaired) electrons. The van der Waals surface area contributed by atoms with Crippen molar-refractivity contribution in [1.29, 1.82) is 0 Å². The molecule has 3 amide bonds. The normalized spacial score (nSPS) is 13.4. The molecule has 0 saturated heterocycles. The van der Waals surface area contributed by atoms with E-state index in [2.05, 4.69) is 21.3 Å². The van der Waals surface area contributed by atoms with Crippen molar-refractivity contribution in [3.05, 3.63) is 90.0 Å². The van der Waals surface area contributed by atoms with Crippen LogP contribution in [0.15, 0.2) is 78.9 Å². The van der Waals surface area contributed by atoms with E-state index in [0.717, 1.165) is 31.2 Å². The van der Waals surface area contributed by atoms with Gasteiger partial charge < -0.3 is 21.3 Å². The van der Waals surface area contributed by atoms with Gasteiger partial charge in [-0.3, -0.25) is 14.4 Å². The molecular formula is C30H34N4O3. The summed E-state index contributed by atoms with van der Waals surface area (Å²) in [6, 6.07) is 24.4. The third-order valence-electron chi connectivity index (χ3n) is 6.43. The molecule has 3 aromatic rings. The topological polar surface area (TPSA) is 99.3 Å². The predicted octanol–water partition coefficient (Wildman–Crippen LogP) is 5.37. The standard InChI is InChI=1S/C30H34N4O3/c35-28(18-17-22-9-3-1-4-10-22)32-26-15-8-16-27(20-26)33-29(36)21-31-25-14-7-11-23(19-25)30(37)34-24-12-5-2-6-13-24/h1,3-4,7-11,14-16,19-20,24,31H,2,5-6,12-13,17-18,21H2,(H,32,35)(H,33,36)(H,34,37). The molecule has 1 fully saturated rings. The average molecular weight is 499 g/mol. The first-order valence-electron chi connectivity index (χ1n) is 12.9. The molecule has 4 N–H and O–H groups in total. The average Bonchev–Trinajstić information content (AvgIpc) is 2.92. The van der Waals surface area contributed by atoms with Crippen LogP contribution >= 0.6 is 0 Å². The van der Waals surface area contributed by atoms with Crippen LogP contribution in [0.1, 0.15) is 54.4 Å². The molecule has 0 heterocycles. The Morgan fingerprint density at radius 1 is 0.703 bits per heavy atom. The second kappa shape index (κ2) is 13.3. The number of rotatable bonds is 10. The van der Waals surface area contributed by atoms with E-state index in [9.17, 15) is 14.4 Å². The van der Waals surface area contributed by atoms with Gasteiger partial charge in [0.2, 0.25) is 11.8 Å². The van der Waals surface area contributed by atoms with Crippen LogP contribution < -0.4 is 21.3 Å². The van der Waals surface area contributed by atoms with Crippen molar-refractivity contribution in [2.45, 2.75) is 51.0 Å². The fraction of sp³-hybridized carbons (Fsp3) is 0.300. The first-order valence-corrected chi connectivity index (χ1v) is 12.9. The van der Waals surface area contributed by atoms with E-state index in [0.29, 0.717) is 35.5 Å². The molecule has 37 heavy (non-hydrogen) atoms. The SMILES string of the molecule is O=C(CCc1ccccc1)Nc1cccc(NC(=O)CNc2cccc(C(=O)NC3CCCCC3)c2)c1. The van der Waals surface area contributed by atoms with Gasteiger partial charge in [-0.25, -0.2) is 0 Å². The molecule has 4 rings (SSSR count). The number of benzene rings is 3. The highest BCUT2D eigenvalue weighted by atomic mass is 16.2. The van der Waals surface area contributed by atoms with Crippen LogP contribution in [0.4, 0.5) is 17.1 Å². The summed E-state index contributed by atoms with van der Waals surface area (Å²) < 4.78 is 0. The van der Waals surface area contributed by atoms with Crippen LogP contribution in [0.3, 0.4) is 0 Å². The van der Waals surface area contributed by atoms with Gasteiger partial charge in [0.15, 0.2) is 0 Å². The van der Waals surface area contributed by atoms with E-state index in [1.807, 2.05) is 36.4 Å². The number of carbonyl (C=O) groups excluding carboxylic acids is 3. The number of nitrogens with one attached hydrogen (secondary N) is 4. The van der Waals surface area contributed by atoms with E-state index >= 15 is 0 Å². The summed E-state index contributed by atoms with van der Waals surface area (Å²) in [5, 5.41) is 11.9. The monoisotopic (exact) mass is 498 g/mol. The summed E-state index contributed by atoms with van der Waals surface area (Å²) in [6.07, 6.45) is 6.66. The Kier molecular flexibility index (Phi) is 9.29. The number of amides is 3. The van der Waals surface area contributed by atoms with E-state index < -0.39 is 0 Å². The first-order chi connectivity index (χ1) is 18.0. The van der Waals surface area contributed by atoms with Gasteiger partial charge >= 0.3 is 0 Å². The zero-order valence-electron chi connectivity index (χ0n) is 21.0. The Morgan fingerprint density at radius 3 is 2.14 bits per heavy atom. The van der Waals surface area contributed by atoms with Crippen molar-refractivity contribution in [3.8, 4) is 0 Å². The number of aryl methyl sites for hydroxylation is 1. The summed E-state index contributed by atoms with van der Waals surface area (Å²) in [7, 11) is 0. The molecule has 3 aromatic carbocycles. The van der Waals surface area contributed by atoms with Crippen LogP contribution in [-0.2, 0) is 16.0 Å². The lowest BCUT2D eigenvalue weighted by molar-refractivity contribution is -0.116. The van der Waals surface area contributed by atoms with Crippen molar-refractivity contribution in [2.24, 2.45) is 0 Å². The van der Waals surface area contributed by atoms with Gasteiger partial charge in [0, 0.05) is 35.1 Å². The predicted molar refractivity (Wildman–Crippen MR) is 148 cm³/mol. The van der Waals surface area contributed by atoms with Crippen LogP contribution in [0.5, 0.6) is 0 Å². The van der Waals surface area contributed by atoms with Gasteiger partial charge in [-0.1, -0.05) is 61.7 Å². The van der Waals surface area contributed by atoms with Crippen LogP contribution in [-0.4, -0.2) is 30.3 Å². The van der Waals surface area contributed by atoms with E-state index in [-0.39, 0.29) is 30.3 Å². The Morgan fingerprint density at radius 2 is 1.38 bits per heavy atom. The molecule has 0 aromatic heterocycles. The van der Waals surface area contributed by atoms with E-state index in [4.69, 9.17) is 0 Å². The zero-order chi connectivity index (χ0) is 25.9. The maximum atomic E-state index is 12.6. The molecule has 1 aliphatic rings. The van der Waals surface area contributed by atoms with E-state index in [1.165, 1.54) is 6.42 Å². The lowest BCUT2D eigenvalue weighted by Crippen LogP contribution is -2.36. The number of hydrogen-bond acceptors (Lipinski definition) is 4. The Balaban J connectivity index is 1.23. The lowest BCUT2D eigenvalue weighted by Gasteiger charge is -2.22. The largest absolute Gasteiger partial charge is 0.376 e. The van der Waals surface area contributed by atoms with Gasteiger partial charge in [-0.2, -0.15) is 0 Å². The maximum Gasteiger partial charge on any atom is 0.251 e. The molecule has 192 valence electrons. The molecule has 1 saturated carbocycles. The first kappa shape index (κ1) is 25.9. The molecule has 0 atom stereocenters. The van der Waals surface area contributed by atoms with Crippen molar-refractivity contribution in [1.82, 2.24) is 5.32 Å². The third-order valence-corrected chi connectivity index (χ3v) is 6.43. The quantitative estimate of drug-likeness (QED) is 0.302. The second-order valence-electron chi connectivity index (χ2n) is 9.41. The fourth-order valence-electron chi connectivity index (χ4n) is 4.47. The fourth-order valence-corrected chi connectivity index (χ4v) is 4.47. The number of carbonyl (C=O) groups is 3. The highest BCUT2D eigenvalue weighted by Crippen LogP contribution is 2.19. The second-order valence-corrected chi connectivity index (χ2v) is 9.41. The Labute approximate surface area is 218 Å². The van der Waals surface area contributed by atoms with Crippen molar-refractivity contribution < 1.29 is 14.4 Å². The molecule has 0 unspecified atom stereocenters. The van der Waals surface area contributed by atoms with Crippen molar-refractivity contribution >= 4 is 34.8 Å². The van der Waals surface area contributed by atoms with Gasteiger partial charge in [-0.05, 0) is 61.2 Å². The molecule has 0 aliphatic heterocycles. The lowest BCUT2D eigenvalue weighted by atomic mass is 9.95. The zero-order valence-corrected chi connectivity index (χ0v) is 21.0. The van der Waals surface area contributed by atoms with Crippen LogP contribution in [0.25, 0.3) is 0 Å².